The van der Waals surface area contributed by atoms with Gasteiger partial charge in [0.2, 0.25) is 0 Å². The lowest BCUT2D eigenvalue weighted by Crippen LogP contribution is -2.40. The van der Waals surface area contributed by atoms with Crippen molar-refractivity contribution < 1.29 is 9.47 Å². The van der Waals surface area contributed by atoms with Gasteiger partial charge in [-0.05, 0) is 32.7 Å². The first-order chi connectivity index (χ1) is 7.25. The van der Waals surface area contributed by atoms with Gasteiger partial charge < -0.3 is 14.8 Å². The third-order valence-corrected chi connectivity index (χ3v) is 3.54. The summed E-state index contributed by atoms with van der Waals surface area (Å²) < 4.78 is 10.9. The first-order valence-electron chi connectivity index (χ1n) is 6.06. The number of hydrogen-bond acceptors (Lipinski definition) is 3. The van der Waals surface area contributed by atoms with Crippen molar-refractivity contribution in [2.45, 2.75) is 39.2 Å². The van der Waals surface area contributed by atoms with E-state index in [1.807, 2.05) is 0 Å². The van der Waals surface area contributed by atoms with E-state index in [0.717, 1.165) is 39.1 Å². The van der Waals surface area contributed by atoms with Crippen molar-refractivity contribution in [2.75, 3.05) is 33.4 Å². The Labute approximate surface area is 93.5 Å². The maximum atomic E-state index is 5.70. The molecule has 0 bridgehead atoms. The summed E-state index contributed by atoms with van der Waals surface area (Å²) in [7, 11) is 1.77. The molecule has 0 saturated carbocycles. The first kappa shape index (κ1) is 12.9. The predicted molar refractivity (Wildman–Crippen MR) is 62.1 cm³/mol. The van der Waals surface area contributed by atoms with Gasteiger partial charge in [-0.1, -0.05) is 6.92 Å². The zero-order valence-electron chi connectivity index (χ0n) is 10.3. The summed E-state index contributed by atoms with van der Waals surface area (Å²) >= 11 is 0. The molecule has 2 unspecified atom stereocenters. The molecular formula is C12H25NO2. The molecular weight excluding hydrogens is 190 g/mol. The standard InChI is InChI=1S/C12H25NO2/c1-4-7-13-10-12(5-8-14-3)6-9-15-11(12)2/h11,13H,4-10H2,1-3H3. The van der Waals surface area contributed by atoms with E-state index in [9.17, 15) is 0 Å². The molecule has 1 aliphatic heterocycles. The highest BCUT2D eigenvalue weighted by Gasteiger charge is 2.40. The van der Waals surface area contributed by atoms with Gasteiger partial charge in [-0.25, -0.2) is 0 Å². The van der Waals surface area contributed by atoms with Crippen molar-refractivity contribution in [1.29, 1.82) is 0 Å². The van der Waals surface area contributed by atoms with Crippen molar-refractivity contribution in [2.24, 2.45) is 5.41 Å². The van der Waals surface area contributed by atoms with E-state index in [4.69, 9.17) is 9.47 Å². The smallest absolute Gasteiger partial charge is 0.0617 e. The molecule has 2 atom stereocenters. The fourth-order valence-corrected chi connectivity index (χ4v) is 2.29. The van der Waals surface area contributed by atoms with Crippen molar-refractivity contribution in [3.8, 4) is 0 Å². The number of hydrogen-bond donors (Lipinski definition) is 1. The topological polar surface area (TPSA) is 30.5 Å². The lowest BCUT2D eigenvalue weighted by molar-refractivity contribution is 0.0421. The van der Waals surface area contributed by atoms with Gasteiger partial charge in [-0.2, -0.15) is 0 Å². The lowest BCUT2D eigenvalue weighted by Gasteiger charge is -2.32. The average molecular weight is 215 g/mol. The van der Waals surface area contributed by atoms with Crippen LogP contribution in [0.25, 0.3) is 0 Å². The van der Waals surface area contributed by atoms with Crippen LogP contribution in [-0.2, 0) is 9.47 Å². The minimum atomic E-state index is 0.297. The SMILES string of the molecule is CCCNCC1(CCOC)CCOC1C. The predicted octanol–water partition coefficient (Wildman–Crippen LogP) is 1.82. The molecule has 0 aromatic carbocycles. The third kappa shape index (κ3) is 3.44. The Bertz CT molecular complexity index is 175. The van der Waals surface area contributed by atoms with Crippen LogP contribution in [0.15, 0.2) is 0 Å². The second-order valence-electron chi connectivity index (χ2n) is 4.54. The minimum absolute atomic E-state index is 0.297. The van der Waals surface area contributed by atoms with Crippen LogP contribution in [0.4, 0.5) is 0 Å². The molecule has 0 spiro atoms. The molecule has 1 heterocycles. The number of rotatable bonds is 7. The Hall–Kier alpha value is -0.120. The van der Waals surface area contributed by atoms with Crippen LogP contribution in [-0.4, -0.2) is 39.5 Å². The Morgan fingerprint density at radius 1 is 1.53 bits per heavy atom. The van der Waals surface area contributed by atoms with Crippen molar-refractivity contribution in [1.82, 2.24) is 5.32 Å². The van der Waals surface area contributed by atoms with Crippen molar-refractivity contribution >= 4 is 0 Å². The first-order valence-corrected chi connectivity index (χ1v) is 6.06. The summed E-state index contributed by atoms with van der Waals surface area (Å²) in [5.41, 5.74) is 0.297. The molecule has 90 valence electrons. The fourth-order valence-electron chi connectivity index (χ4n) is 2.29. The number of nitrogens with one attached hydrogen (secondary N) is 1. The number of ether oxygens (including phenoxy) is 2. The Kier molecular flexibility index (Phi) is 5.58. The second kappa shape index (κ2) is 6.46. The van der Waals surface area contributed by atoms with E-state index in [1.54, 1.807) is 7.11 Å². The molecule has 0 aliphatic carbocycles. The van der Waals surface area contributed by atoms with E-state index >= 15 is 0 Å². The molecule has 0 aromatic heterocycles. The van der Waals surface area contributed by atoms with Crippen LogP contribution in [0, 0.1) is 5.41 Å². The van der Waals surface area contributed by atoms with E-state index in [2.05, 4.69) is 19.2 Å². The van der Waals surface area contributed by atoms with Gasteiger partial charge in [0.15, 0.2) is 0 Å². The van der Waals surface area contributed by atoms with Crippen LogP contribution in [0.3, 0.4) is 0 Å². The molecule has 1 rings (SSSR count). The zero-order valence-corrected chi connectivity index (χ0v) is 10.3. The van der Waals surface area contributed by atoms with E-state index in [0.29, 0.717) is 11.5 Å². The fraction of sp³-hybridized carbons (Fsp3) is 1.00. The highest BCUT2D eigenvalue weighted by molar-refractivity contribution is 4.91. The second-order valence-corrected chi connectivity index (χ2v) is 4.54. The molecule has 0 amide bonds. The summed E-state index contributed by atoms with van der Waals surface area (Å²) in [6.07, 6.45) is 3.81. The van der Waals surface area contributed by atoms with E-state index in [1.165, 1.54) is 6.42 Å². The monoisotopic (exact) mass is 215 g/mol. The summed E-state index contributed by atoms with van der Waals surface area (Å²) in [5.74, 6) is 0. The van der Waals surface area contributed by atoms with Crippen LogP contribution >= 0.6 is 0 Å². The minimum Gasteiger partial charge on any atom is -0.385 e. The summed E-state index contributed by atoms with van der Waals surface area (Å²) in [4.78, 5) is 0. The quantitative estimate of drug-likeness (QED) is 0.657. The molecule has 15 heavy (non-hydrogen) atoms. The summed E-state index contributed by atoms with van der Waals surface area (Å²) in [6.45, 7) is 8.28. The van der Waals surface area contributed by atoms with Crippen molar-refractivity contribution in [3.05, 3.63) is 0 Å². The Morgan fingerprint density at radius 3 is 2.87 bits per heavy atom. The van der Waals surface area contributed by atoms with E-state index in [-0.39, 0.29) is 0 Å². The average Bonchev–Trinajstić information content (AvgIpc) is 2.59. The Balaban J connectivity index is 2.44. The summed E-state index contributed by atoms with van der Waals surface area (Å²) in [6, 6.07) is 0. The summed E-state index contributed by atoms with van der Waals surface area (Å²) in [5, 5.41) is 3.52. The van der Waals surface area contributed by atoms with E-state index < -0.39 is 0 Å². The van der Waals surface area contributed by atoms with Gasteiger partial charge in [0.25, 0.3) is 0 Å². The van der Waals surface area contributed by atoms with Gasteiger partial charge in [0.05, 0.1) is 6.10 Å². The lowest BCUT2D eigenvalue weighted by atomic mass is 9.78. The zero-order chi connectivity index (χ0) is 11.1. The van der Waals surface area contributed by atoms with Gasteiger partial charge in [-0.15, -0.1) is 0 Å². The Morgan fingerprint density at radius 2 is 2.33 bits per heavy atom. The third-order valence-electron chi connectivity index (χ3n) is 3.54. The molecule has 3 nitrogen and oxygen atoms in total. The van der Waals surface area contributed by atoms with Crippen LogP contribution in [0.1, 0.15) is 33.1 Å². The maximum Gasteiger partial charge on any atom is 0.0617 e. The van der Waals surface area contributed by atoms with Crippen molar-refractivity contribution in [3.63, 3.8) is 0 Å². The molecule has 0 radical (unpaired) electrons. The normalized spacial score (nSPS) is 31.0. The molecule has 1 fully saturated rings. The molecule has 1 saturated heterocycles. The van der Waals surface area contributed by atoms with Gasteiger partial charge in [0.1, 0.15) is 0 Å². The molecule has 1 aliphatic rings. The largest absolute Gasteiger partial charge is 0.385 e. The van der Waals surface area contributed by atoms with Gasteiger partial charge >= 0.3 is 0 Å². The molecule has 0 aromatic rings. The number of methoxy groups -OCH3 is 1. The maximum absolute atomic E-state index is 5.70. The van der Waals surface area contributed by atoms with Crippen LogP contribution < -0.4 is 5.32 Å². The van der Waals surface area contributed by atoms with Crippen LogP contribution in [0.2, 0.25) is 0 Å². The highest BCUT2D eigenvalue weighted by atomic mass is 16.5. The van der Waals surface area contributed by atoms with Crippen LogP contribution in [0.5, 0.6) is 0 Å². The van der Waals surface area contributed by atoms with Gasteiger partial charge in [0, 0.05) is 32.3 Å². The molecule has 3 heteroatoms. The highest BCUT2D eigenvalue weighted by Crippen LogP contribution is 2.37. The van der Waals surface area contributed by atoms with Gasteiger partial charge in [-0.3, -0.25) is 0 Å². The molecule has 1 N–H and O–H groups in total.